The number of benzene rings is 1. The van der Waals surface area contributed by atoms with Gasteiger partial charge in [0.05, 0.1) is 18.2 Å². The van der Waals surface area contributed by atoms with Gasteiger partial charge >= 0.3 is 0 Å². The average molecular weight is 447 g/mol. The number of hydrogen-bond acceptors (Lipinski definition) is 6. The molecular weight excluding hydrogens is 416 g/mol. The fourth-order valence-corrected chi connectivity index (χ4v) is 5.59. The van der Waals surface area contributed by atoms with Gasteiger partial charge in [-0.2, -0.15) is 0 Å². The van der Waals surface area contributed by atoms with Gasteiger partial charge in [-0.3, -0.25) is 9.88 Å². The molecule has 0 bridgehead atoms. The monoisotopic (exact) mass is 446 g/mol. The molecule has 2 aliphatic rings. The summed E-state index contributed by atoms with van der Waals surface area (Å²) in [5.41, 5.74) is 3.91. The molecule has 5 nitrogen and oxygen atoms in total. The van der Waals surface area contributed by atoms with E-state index in [9.17, 15) is 0 Å². The van der Waals surface area contributed by atoms with Crippen LogP contribution in [0.15, 0.2) is 48.7 Å². The summed E-state index contributed by atoms with van der Waals surface area (Å²) in [5.74, 6) is 0.915. The van der Waals surface area contributed by atoms with Gasteiger partial charge in [-0.25, -0.2) is 0 Å². The molecule has 0 saturated carbocycles. The maximum Gasteiger partial charge on any atom is 0.118 e. The number of thiophene rings is 1. The van der Waals surface area contributed by atoms with Gasteiger partial charge < -0.3 is 15.0 Å². The highest BCUT2D eigenvalue weighted by Gasteiger charge is 2.29. The van der Waals surface area contributed by atoms with Crippen LogP contribution in [0.2, 0.25) is 0 Å². The van der Waals surface area contributed by atoms with Gasteiger partial charge in [0.1, 0.15) is 10.8 Å². The minimum atomic E-state index is 0.494. The van der Waals surface area contributed by atoms with E-state index in [1.165, 1.54) is 26.7 Å². The molecule has 1 N–H and O–H groups in total. The highest BCUT2D eigenvalue weighted by atomic mass is 32.1. The van der Waals surface area contributed by atoms with Crippen molar-refractivity contribution in [1.29, 1.82) is 0 Å². The number of aromatic nitrogens is 1. The maximum atomic E-state index is 5.30. The number of aryl methyl sites for hydroxylation is 2. The fourth-order valence-electron chi connectivity index (χ4n) is 4.71. The summed E-state index contributed by atoms with van der Waals surface area (Å²) >= 11 is 1.82. The van der Waals surface area contributed by atoms with Crippen molar-refractivity contribution in [2.24, 2.45) is 0 Å². The van der Waals surface area contributed by atoms with Crippen molar-refractivity contribution in [2.45, 2.75) is 25.8 Å². The third kappa shape index (κ3) is 4.12. The minimum Gasteiger partial charge on any atom is -0.497 e. The Labute approximate surface area is 193 Å². The van der Waals surface area contributed by atoms with Crippen molar-refractivity contribution in [2.75, 3.05) is 39.1 Å². The lowest BCUT2D eigenvalue weighted by Gasteiger charge is -2.41. The summed E-state index contributed by atoms with van der Waals surface area (Å²) in [6, 6.07) is 15.4. The van der Waals surface area contributed by atoms with E-state index in [0.29, 0.717) is 6.04 Å². The van der Waals surface area contributed by atoms with E-state index >= 15 is 0 Å². The molecule has 5 rings (SSSR count). The zero-order valence-corrected chi connectivity index (χ0v) is 19.8. The van der Waals surface area contributed by atoms with Crippen molar-refractivity contribution >= 4 is 28.2 Å². The normalized spacial score (nSPS) is 18.3. The molecule has 0 aliphatic carbocycles. The number of anilines is 1. The molecule has 1 saturated heterocycles. The molecular formula is C26H30N4OS. The highest BCUT2D eigenvalue weighted by Crippen LogP contribution is 2.35. The summed E-state index contributed by atoms with van der Waals surface area (Å²) in [5, 5.41) is 6.97. The van der Waals surface area contributed by atoms with Gasteiger partial charge in [-0.1, -0.05) is 12.1 Å². The van der Waals surface area contributed by atoms with Crippen LogP contribution in [0.3, 0.4) is 0 Å². The molecule has 166 valence electrons. The SMILES string of the molecule is COc1ccc(CCC2CN(C3=c4ncccc4=CNc4sc(C)cc43)CCN2C)cc1. The molecule has 3 aromatic rings. The summed E-state index contributed by atoms with van der Waals surface area (Å²) in [6.07, 6.45) is 6.20. The number of fused-ring (bicyclic) bond motifs is 2. The first-order chi connectivity index (χ1) is 15.6. The summed E-state index contributed by atoms with van der Waals surface area (Å²) in [6.45, 7) is 5.25. The topological polar surface area (TPSA) is 40.6 Å². The van der Waals surface area contributed by atoms with Gasteiger partial charge in [-0.05, 0) is 62.7 Å². The van der Waals surface area contributed by atoms with Gasteiger partial charge in [0.25, 0.3) is 0 Å². The van der Waals surface area contributed by atoms with Crippen LogP contribution in [0, 0.1) is 6.92 Å². The Kier molecular flexibility index (Phi) is 5.89. The van der Waals surface area contributed by atoms with E-state index in [1.54, 1.807) is 7.11 Å². The summed E-state index contributed by atoms with van der Waals surface area (Å²) in [4.78, 5) is 11.2. The van der Waals surface area contributed by atoms with E-state index in [4.69, 9.17) is 9.72 Å². The lowest BCUT2D eigenvalue weighted by atomic mass is 10.0. The van der Waals surface area contributed by atoms with Crippen LogP contribution in [-0.2, 0) is 6.42 Å². The second-order valence-electron chi connectivity index (χ2n) is 8.65. The van der Waals surface area contributed by atoms with E-state index in [2.05, 4.69) is 71.7 Å². The first-order valence-corrected chi connectivity index (χ1v) is 12.0. The number of hydrogen-bond donors (Lipinski definition) is 1. The Morgan fingerprint density at radius 2 is 2.03 bits per heavy atom. The van der Waals surface area contributed by atoms with Crippen LogP contribution < -0.4 is 20.6 Å². The fraction of sp³-hybridized carbons (Fsp3) is 0.346. The molecule has 2 aromatic heterocycles. The molecule has 4 heterocycles. The highest BCUT2D eigenvalue weighted by molar-refractivity contribution is 7.16. The van der Waals surface area contributed by atoms with Crippen molar-refractivity contribution in [1.82, 2.24) is 14.8 Å². The van der Waals surface area contributed by atoms with E-state index in [1.807, 2.05) is 23.6 Å². The van der Waals surface area contributed by atoms with E-state index < -0.39 is 0 Å². The van der Waals surface area contributed by atoms with Gasteiger partial charge in [0.2, 0.25) is 0 Å². The zero-order valence-electron chi connectivity index (χ0n) is 19.0. The third-order valence-electron chi connectivity index (χ3n) is 6.55. The second kappa shape index (κ2) is 8.96. The van der Waals surface area contributed by atoms with E-state index in [-0.39, 0.29) is 0 Å². The lowest BCUT2D eigenvalue weighted by Crippen LogP contribution is -2.52. The largest absolute Gasteiger partial charge is 0.497 e. The molecule has 1 aromatic carbocycles. The quantitative estimate of drug-likeness (QED) is 0.653. The van der Waals surface area contributed by atoms with E-state index in [0.717, 1.165) is 48.8 Å². The number of rotatable bonds is 5. The molecule has 0 amide bonds. The molecule has 2 aliphatic heterocycles. The van der Waals surface area contributed by atoms with Crippen LogP contribution in [-0.4, -0.2) is 54.6 Å². The molecule has 1 atom stereocenters. The molecule has 6 heteroatoms. The third-order valence-corrected chi connectivity index (χ3v) is 7.53. The zero-order chi connectivity index (χ0) is 22.1. The number of nitrogens with zero attached hydrogens (tertiary/aromatic N) is 3. The van der Waals surface area contributed by atoms with Crippen molar-refractivity contribution in [3.8, 4) is 5.75 Å². The number of likely N-dealkylation sites (N-methyl/N-ethyl adjacent to an activating group) is 1. The van der Waals surface area contributed by atoms with Gasteiger partial charge in [-0.15, -0.1) is 11.3 Å². The first kappa shape index (κ1) is 21.0. The Morgan fingerprint density at radius 1 is 1.19 bits per heavy atom. The predicted octanol–water partition coefficient (Wildman–Crippen LogP) is 3.03. The number of ether oxygens (including phenoxy) is 1. The Balaban J connectivity index is 1.44. The summed E-state index contributed by atoms with van der Waals surface area (Å²) < 4.78 is 5.30. The Bertz CT molecular complexity index is 1220. The van der Waals surface area contributed by atoms with Crippen LogP contribution in [0.1, 0.15) is 22.4 Å². The van der Waals surface area contributed by atoms with Crippen LogP contribution in [0.25, 0.3) is 11.9 Å². The summed E-state index contributed by atoms with van der Waals surface area (Å²) in [7, 11) is 3.97. The number of piperazine rings is 1. The number of methoxy groups -OCH3 is 1. The minimum absolute atomic E-state index is 0.494. The lowest BCUT2D eigenvalue weighted by molar-refractivity contribution is 0.128. The standard InChI is InChI=1S/C26H30N4OS/c1-18-15-23-25(24-20(5-4-12-27-24)16-28-26(23)32-18)30-14-13-29(2)21(17-30)9-6-19-7-10-22(31-3)11-8-19/h4-5,7-8,10-12,15-16,21,28H,6,9,13-14,17H2,1-3H3. The van der Waals surface area contributed by atoms with Crippen LogP contribution in [0.4, 0.5) is 5.00 Å². The van der Waals surface area contributed by atoms with Crippen LogP contribution in [0.5, 0.6) is 5.75 Å². The predicted molar refractivity (Wildman–Crippen MR) is 132 cm³/mol. The Hall–Kier alpha value is -2.83. The van der Waals surface area contributed by atoms with Crippen molar-refractivity contribution in [3.63, 3.8) is 0 Å². The first-order valence-electron chi connectivity index (χ1n) is 11.2. The molecule has 0 spiro atoms. The van der Waals surface area contributed by atoms with Crippen molar-refractivity contribution in [3.05, 3.63) is 75.2 Å². The maximum absolute atomic E-state index is 5.30. The molecule has 0 radical (unpaired) electrons. The number of pyridine rings is 1. The number of nitrogens with one attached hydrogen (secondary N) is 1. The molecule has 1 fully saturated rings. The van der Waals surface area contributed by atoms with Crippen LogP contribution >= 0.6 is 11.3 Å². The van der Waals surface area contributed by atoms with Gasteiger partial charge in [0.15, 0.2) is 0 Å². The van der Waals surface area contributed by atoms with Gasteiger partial charge in [0, 0.05) is 53.7 Å². The molecule has 1 unspecified atom stereocenters. The molecule has 32 heavy (non-hydrogen) atoms. The average Bonchev–Trinajstić information content (AvgIpc) is 3.11. The van der Waals surface area contributed by atoms with Crippen molar-refractivity contribution < 1.29 is 4.74 Å². The Morgan fingerprint density at radius 3 is 2.84 bits per heavy atom. The smallest absolute Gasteiger partial charge is 0.118 e. The second-order valence-corrected chi connectivity index (χ2v) is 9.90.